The highest BCUT2D eigenvalue weighted by Gasteiger charge is 2.35. The first-order valence-corrected chi connectivity index (χ1v) is 9.53. The van der Waals surface area contributed by atoms with E-state index in [0.717, 1.165) is 18.4 Å². The predicted molar refractivity (Wildman–Crippen MR) is 101 cm³/mol. The molecule has 8 heteroatoms. The number of β-amino-alcohol motifs (C(OH)–C–C–N with tert-alkyl or cyclic N) is 1. The molecule has 1 saturated carbocycles. The van der Waals surface area contributed by atoms with E-state index in [4.69, 9.17) is 0 Å². The van der Waals surface area contributed by atoms with Gasteiger partial charge in [0.1, 0.15) is 0 Å². The molecule has 3 heterocycles. The highest BCUT2D eigenvalue weighted by atomic mass is 16.3. The molecule has 2 N–H and O–H groups in total. The summed E-state index contributed by atoms with van der Waals surface area (Å²) in [5.41, 5.74) is 1.74. The lowest BCUT2D eigenvalue weighted by Crippen LogP contribution is -2.54. The van der Waals surface area contributed by atoms with Gasteiger partial charge in [-0.3, -0.25) is 14.6 Å². The van der Waals surface area contributed by atoms with Gasteiger partial charge in [0.15, 0.2) is 5.82 Å². The smallest absolute Gasteiger partial charge is 0.257 e. The molecule has 2 fully saturated rings. The molecule has 2 aliphatic rings. The summed E-state index contributed by atoms with van der Waals surface area (Å²) in [5.74, 6) is 0.390. The van der Waals surface area contributed by atoms with Crippen molar-refractivity contribution in [1.82, 2.24) is 25.2 Å². The number of carbonyl (C=O) groups is 2. The average Bonchev–Trinajstić information content (AvgIpc) is 3.53. The van der Waals surface area contributed by atoms with Crippen LogP contribution in [-0.4, -0.2) is 62.0 Å². The van der Waals surface area contributed by atoms with Gasteiger partial charge in [-0.15, -0.1) is 0 Å². The molecule has 1 saturated heterocycles. The number of likely N-dealkylation sites (tertiary alicyclic amines) is 1. The number of aryl methyl sites for hydroxylation is 1. The SMILES string of the molecule is Cc1nc(-c2cccnc2)ncc1C(=O)N1C[C@H](O)C[C@H](NC(=O)C2CC2)C1. The molecule has 0 unspecified atom stereocenters. The predicted octanol–water partition coefficient (Wildman–Crippen LogP) is 0.949. The Kier molecular flexibility index (Phi) is 5.04. The number of amides is 2. The van der Waals surface area contributed by atoms with Gasteiger partial charge in [-0.2, -0.15) is 0 Å². The molecule has 0 bridgehead atoms. The molecule has 0 radical (unpaired) electrons. The molecule has 8 nitrogen and oxygen atoms in total. The summed E-state index contributed by atoms with van der Waals surface area (Å²) in [4.78, 5) is 39.4. The Morgan fingerprint density at radius 3 is 2.75 bits per heavy atom. The number of aromatic nitrogens is 3. The Labute approximate surface area is 163 Å². The van der Waals surface area contributed by atoms with E-state index in [0.29, 0.717) is 30.0 Å². The fourth-order valence-electron chi connectivity index (χ4n) is 3.49. The lowest BCUT2D eigenvalue weighted by Gasteiger charge is -2.36. The Morgan fingerprint density at radius 2 is 2.07 bits per heavy atom. The highest BCUT2D eigenvalue weighted by molar-refractivity contribution is 5.95. The number of hydrogen-bond donors (Lipinski definition) is 2. The Bertz CT molecular complexity index is 885. The second-order valence-corrected chi connectivity index (χ2v) is 7.51. The number of rotatable bonds is 4. The third-order valence-corrected chi connectivity index (χ3v) is 5.14. The van der Waals surface area contributed by atoms with Crippen LogP contribution in [0.4, 0.5) is 0 Å². The number of aliphatic hydroxyl groups excluding tert-OH is 1. The second kappa shape index (κ2) is 7.63. The van der Waals surface area contributed by atoms with Crippen LogP contribution in [0.3, 0.4) is 0 Å². The number of aliphatic hydroxyl groups is 1. The van der Waals surface area contributed by atoms with Gasteiger partial charge in [-0.05, 0) is 38.3 Å². The largest absolute Gasteiger partial charge is 0.391 e. The molecule has 28 heavy (non-hydrogen) atoms. The normalized spacial score (nSPS) is 22.0. The van der Waals surface area contributed by atoms with Crippen molar-refractivity contribution < 1.29 is 14.7 Å². The van der Waals surface area contributed by atoms with Crippen LogP contribution in [0.15, 0.2) is 30.7 Å². The molecule has 2 aromatic heterocycles. The molecule has 2 amide bonds. The van der Waals surface area contributed by atoms with Gasteiger partial charge in [-0.1, -0.05) is 0 Å². The van der Waals surface area contributed by atoms with Gasteiger partial charge in [0.2, 0.25) is 5.91 Å². The summed E-state index contributed by atoms with van der Waals surface area (Å²) >= 11 is 0. The zero-order chi connectivity index (χ0) is 19.7. The van der Waals surface area contributed by atoms with Crippen LogP contribution in [0, 0.1) is 12.8 Å². The van der Waals surface area contributed by atoms with Gasteiger partial charge in [0, 0.05) is 49.2 Å². The van der Waals surface area contributed by atoms with Gasteiger partial charge < -0.3 is 15.3 Å². The van der Waals surface area contributed by atoms with Crippen LogP contribution in [0.2, 0.25) is 0 Å². The summed E-state index contributed by atoms with van der Waals surface area (Å²) in [5, 5.41) is 13.2. The van der Waals surface area contributed by atoms with Crippen LogP contribution >= 0.6 is 0 Å². The number of nitrogens with one attached hydrogen (secondary N) is 1. The molecule has 0 aromatic carbocycles. The van der Waals surface area contributed by atoms with Crippen molar-refractivity contribution in [3.8, 4) is 11.4 Å². The molecule has 4 rings (SSSR count). The maximum atomic E-state index is 13.0. The first-order chi connectivity index (χ1) is 13.5. The molecule has 146 valence electrons. The summed E-state index contributed by atoms with van der Waals surface area (Å²) in [7, 11) is 0. The summed E-state index contributed by atoms with van der Waals surface area (Å²) in [6.45, 7) is 2.37. The fourth-order valence-corrected chi connectivity index (χ4v) is 3.49. The first-order valence-electron chi connectivity index (χ1n) is 9.53. The summed E-state index contributed by atoms with van der Waals surface area (Å²) in [6.07, 6.45) is 6.49. The maximum Gasteiger partial charge on any atom is 0.257 e. The molecule has 1 aliphatic heterocycles. The molecular weight excluding hydrogens is 358 g/mol. The Hall–Kier alpha value is -2.87. The number of nitrogens with zero attached hydrogens (tertiary/aromatic N) is 4. The monoisotopic (exact) mass is 381 g/mol. The Balaban J connectivity index is 1.49. The van der Waals surface area contributed by atoms with E-state index in [9.17, 15) is 14.7 Å². The number of pyridine rings is 1. The summed E-state index contributed by atoms with van der Waals surface area (Å²) < 4.78 is 0. The van der Waals surface area contributed by atoms with E-state index in [1.807, 2.05) is 6.07 Å². The van der Waals surface area contributed by atoms with Crippen molar-refractivity contribution in [3.63, 3.8) is 0 Å². The number of piperidine rings is 1. The van der Waals surface area contributed by atoms with Crippen molar-refractivity contribution in [3.05, 3.63) is 42.0 Å². The van der Waals surface area contributed by atoms with E-state index in [-0.39, 0.29) is 30.3 Å². The molecule has 2 aromatic rings. The zero-order valence-electron chi connectivity index (χ0n) is 15.7. The lowest BCUT2D eigenvalue weighted by molar-refractivity contribution is -0.123. The van der Waals surface area contributed by atoms with Crippen molar-refractivity contribution in [2.24, 2.45) is 5.92 Å². The van der Waals surface area contributed by atoms with E-state index < -0.39 is 6.10 Å². The van der Waals surface area contributed by atoms with Crippen LogP contribution in [0.1, 0.15) is 35.3 Å². The van der Waals surface area contributed by atoms with Gasteiger partial charge in [0.25, 0.3) is 5.91 Å². The highest BCUT2D eigenvalue weighted by Crippen LogP contribution is 2.29. The second-order valence-electron chi connectivity index (χ2n) is 7.51. The van der Waals surface area contributed by atoms with Crippen LogP contribution < -0.4 is 5.32 Å². The molecule has 2 atom stereocenters. The first kappa shape index (κ1) is 18.5. The van der Waals surface area contributed by atoms with Crippen molar-refractivity contribution >= 4 is 11.8 Å². The van der Waals surface area contributed by atoms with Gasteiger partial charge in [-0.25, -0.2) is 9.97 Å². The number of carbonyl (C=O) groups excluding carboxylic acids is 2. The molecule has 1 aliphatic carbocycles. The quantitative estimate of drug-likeness (QED) is 0.816. The average molecular weight is 381 g/mol. The van der Waals surface area contributed by atoms with Crippen molar-refractivity contribution in [2.45, 2.75) is 38.3 Å². The fraction of sp³-hybridized carbons (Fsp3) is 0.450. The summed E-state index contributed by atoms with van der Waals surface area (Å²) in [6, 6.07) is 3.42. The van der Waals surface area contributed by atoms with Crippen LogP contribution in [0.25, 0.3) is 11.4 Å². The standard InChI is InChI=1S/C20H23N5O3/c1-12-17(9-22-18(23-12)14-3-2-6-21-8-14)20(28)25-10-15(7-16(26)11-25)24-19(27)13-4-5-13/h2-3,6,8-9,13,15-16,26H,4-5,7,10-11H2,1H3,(H,24,27)/t15-,16+/m0/s1. The van der Waals surface area contributed by atoms with E-state index in [2.05, 4.69) is 20.3 Å². The molecule has 0 spiro atoms. The van der Waals surface area contributed by atoms with E-state index in [1.54, 1.807) is 30.3 Å². The zero-order valence-corrected chi connectivity index (χ0v) is 15.7. The third kappa shape index (κ3) is 4.01. The van der Waals surface area contributed by atoms with E-state index in [1.165, 1.54) is 6.20 Å². The number of hydrogen-bond acceptors (Lipinski definition) is 6. The maximum absolute atomic E-state index is 13.0. The topological polar surface area (TPSA) is 108 Å². The van der Waals surface area contributed by atoms with Crippen LogP contribution in [0.5, 0.6) is 0 Å². The third-order valence-electron chi connectivity index (χ3n) is 5.14. The van der Waals surface area contributed by atoms with Gasteiger partial charge in [0.05, 0.1) is 17.4 Å². The Morgan fingerprint density at radius 1 is 1.25 bits per heavy atom. The van der Waals surface area contributed by atoms with Crippen molar-refractivity contribution in [1.29, 1.82) is 0 Å². The van der Waals surface area contributed by atoms with Crippen LogP contribution in [-0.2, 0) is 4.79 Å². The molecular formula is C20H23N5O3. The van der Waals surface area contributed by atoms with Crippen molar-refractivity contribution in [2.75, 3.05) is 13.1 Å². The minimum Gasteiger partial charge on any atom is -0.391 e. The minimum absolute atomic E-state index is 0.0202. The lowest BCUT2D eigenvalue weighted by atomic mass is 10.0. The van der Waals surface area contributed by atoms with Gasteiger partial charge >= 0.3 is 0 Å². The minimum atomic E-state index is -0.668. The van der Waals surface area contributed by atoms with E-state index >= 15 is 0 Å².